The van der Waals surface area contributed by atoms with Crippen LogP contribution in [0.1, 0.15) is 74.1 Å². The van der Waals surface area contributed by atoms with Crippen LogP contribution in [0.2, 0.25) is 0 Å². The van der Waals surface area contributed by atoms with Gasteiger partial charge in [0, 0.05) is 5.92 Å². The molecule has 0 bridgehead atoms. The standard InChI is InChI=1S/C19H35NO6/c1-8-14(9-2)10-11-19(7,17(22)23)20-18(24)26-16(13(5)6)25-15(21)12(3)4/h12-14,16H,8-11H2,1-7H3,(H,20,24)(H,22,23)/t16-,19-/m0/s1. The number of carbonyl (C=O) groups is 3. The van der Waals surface area contributed by atoms with Crippen molar-refractivity contribution in [2.45, 2.75) is 86.0 Å². The van der Waals surface area contributed by atoms with Gasteiger partial charge < -0.3 is 19.9 Å². The highest BCUT2D eigenvalue weighted by Crippen LogP contribution is 2.22. The average Bonchev–Trinajstić information content (AvgIpc) is 2.54. The summed E-state index contributed by atoms with van der Waals surface area (Å²) in [6, 6.07) is 0. The van der Waals surface area contributed by atoms with Crippen molar-refractivity contribution < 1.29 is 29.0 Å². The third kappa shape index (κ3) is 8.06. The first-order valence-corrected chi connectivity index (χ1v) is 9.39. The van der Waals surface area contributed by atoms with E-state index in [-0.39, 0.29) is 11.8 Å². The van der Waals surface area contributed by atoms with Crippen molar-refractivity contribution in [1.29, 1.82) is 0 Å². The molecule has 2 atom stereocenters. The van der Waals surface area contributed by atoms with Crippen molar-refractivity contribution in [3.8, 4) is 0 Å². The maximum Gasteiger partial charge on any atom is 0.411 e. The van der Waals surface area contributed by atoms with Gasteiger partial charge in [-0.1, -0.05) is 54.4 Å². The Bertz CT molecular complexity index is 473. The number of ether oxygens (including phenoxy) is 2. The molecular formula is C19H35NO6. The first kappa shape index (κ1) is 24.2. The summed E-state index contributed by atoms with van der Waals surface area (Å²) in [6.07, 6.45) is 0.916. The van der Waals surface area contributed by atoms with Crippen LogP contribution in [0.3, 0.4) is 0 Å². The number of aliphatic carboxylic acids is 1. The Labute approximate surface area is 156 Å². The third-order valence-electron chi connectivity index (χ3n) is 4.53. The lowest BCUT2D eigenvalue weighted by Crippen LogP contribution is -2.53. The number of amides is 1. The summed E-state index contributed by atoms with van der Waals surface area (Å²) in [5.41, 5.74) is -1.44. The molecule has 0 heterocycles. The van der Waals surface area contributed by atoms with Crippen molar-refractivity contribution >= 4 is 18.0 Å². The van der Waals surface area contributed by atoms with Gasteiger partial charge in [-0.3, -0.25) is 4.79 Å². The topological polar surface area (TPSA) is 102 Å². The van der Waals surface area contributed by atoms with E-state index in [4.69, 9.17) is 9.47 Å². The van der Waals surface area contributed by atoms with Crippen LogP contribution >= 0.6 is 0 Å². The molecule has 0 aromatic carbocycles. The van der Waals surface area contributed by atoms with Crippen LogP contribution in [0.4, 0.5) is 4.79 Å². The lowest BCUT2D eigenvalue weighted by atomic mass is 9.88. The van der Waals surface area contributed by atoms with Crippen molar-refractivity contribution in [2.24, 2.45) is 17.8 Å². The molecular weight excluding hydrogens is 338 g/mol. The first-order valence-electron chi connectivity index (χ1n) is 9.39. The Morgan fingerprint density at radius 1 is 1.04 bits per heavy atom. The molecule has 0 spiro atoms. The number of hydrogen-bond acceptors (Lipinski definition) is 5. The van der Waals surface area contributed by atoms with Crippen LogP contribution in [0.5, 0.6) is 0 Å². The molecule has 0 aromatic rings. The molecule has 26 heavy (non-hydrogen) atoms. The van der Waals surface area contributed by atoms with E-state index in [9.17, 15) is 19.5 Å². The number of esters is 1. The first-order chi connectivity index (χ1) is 12.0. The number of carbonyl (C=O) groups excluding carboxylic acids is 2. The normalized spacial score (nSPS) is 14.8. The summed E-state index contributed by atoms with van der Waals surface area (Å²) in [4.78, 5) is 35.7. The van der Waals surface area contributed by atoms with Gasteiger partial charge in [-0.2, -0.15) is 0 Å². The average molecular weight is 373 g/mol. The number of carboxylic acid groups (broad SMARTS) is 1. The second kappa shape index (κ2) is 11.0. The Hall–Kier alpha value is -1.79. The summed E-state index contributed by atoms with van der Waals surface area (Å²) in [5, 5.41) is 12.0. The molecule has 2 N–H and O–H groups in total. The summed E-state index contributed by atoms with van der Waals surface area (Å²) < 4.78 is 10.4. The monoisotopic (exact) mass is 373 g/mol. The molecule has 7 heteroatoms. The lowest BCUT2D eigenvalue weighted by molar-refractivity contribution is -0.179. The Morgan fingerprint density at radius 2 is 1.58 bits per heavy atom. The van der Waals surface area contributed by atoms with E-state index >= 15 is 0 Å². The molecule has 0 aromatic heterocycles. The SMILES string of the molecule is CCC(CC)CC[C@](C)(NC(=O)O[C@H](OC(=O)C(C)C)C(C)C)C(=O)O. The number of hydrogen-bond donors (Lipinski definition) is 2. The number of nitrogens with one attached hydrogen (secondary N) is 1. The minimum absolute atomic E-state index is 0.260. The Balaban J connectivity index is 4.96. The van der Waals surface area contributed by atoms with E-state index in [2.05, 4.69) is 19.2 Å². The third-order valence-corrected chi connectivity index (χ3v) is 4.53. The Morgan fingerprint density at radius 3 is 1.96 bits per heavy atom. The van der Waals surface area contributed by atoms with Gasteiger partial charge in [0.25, 0.3) is 6.29 Å². The molecule has 0 fully saturated rings. The largest absolute Gasteiger partial charge is 0.480 e. The summed E-state index contributed by atoms with van der Waals surface area (Å²) >= 11 is 0. The van der Waals surface area contributed by atoms with Gasteiger partial charge in [-0.25, -0.2) is 9.59 Å². The summed E-state index contributed by atoms with van der Waals surface area (Å²) in [7, 11) is 0. The predicted molar refractivity (Wildman–Crippen MR) is 98.5 cm³/mol. The van der Waals surface area contributed by atoms with Crippen LogP contribution in [0, 0.1) is 17.8 Å². The summed E-state index contributed by atoms with van der Waals surface area (Å²) in [5.74, 6) is -1.81. The molecule has 0 saturated heterocycles. The molecule has 0 unspecified atom stereocenters. The second-order valence-corrected chi connectivity index (χ2v) is 7.59. The number of rotatable bonds is 11. The maximum absolute atomic E-state index is 12.2. The van der Waals surface area contributed by atoms with E-state index in [1.54, 1.807) is 27.7 Å². The Kier molecular flexibility index (Phi) is 10.3. The maximum atomic E-state index is 12.2. The smallest absolute Gasteiger partial charge is 0.411 e. The number of alkyl carbamates (subject to hydrolysis) is 1. The highest BCUT2D eigenvalue weighted by molar-refractivity contribution is 5.84. The van der Waals surface area contributed by atoms with Gasteiger partial charge in [0.2, 0.25) is 0 Å². The minimum Gasteiger partial charge on any atom is -0.480 e. The molecule has 0 radical (unpaired) electrons. The zero-order valence-electron chi connectivity index (χ0n) is 17.1. The molecule has 0 aliphatic heterocycles. The van der Waals surface area contributed by atoms with Crippen LogP contribution < -0.4 is 5.32 Å². The minimum atomic E-state index is -1.44. The fourth-order valence-corrected chi connectivity index (χ4v) is 2.32. The van der Waals surface area contributed by atoms with E-state index in [1.165, 1.54) is 6.92 Å². The molecule has 152 valence electrons. The van der Waals surface area contributed by atoms with Crippen molar-refractivity contribution in [3.05, 3.63) is 0 Å². The van der Waals surface area contributed by atoms with Gasteiger partial charge in [-0.05, 0) is 25.7 Å². The highest BCUT2D eigenvalue weighted by Gasteiger charge is 2.37. The fraction of sp³-hybridized carbons (Fsp3) is 0.842. The van der Waals surface area contributed by atoms with Crippen molar-refractivity contribution in [1.82, 2.24) is 5.32 Å². The van der Waals surface area contributed by atoms with Crippen LogP contribution in [0.15, 0.2) is 0 Å². The van der Waals surface area contributed by atoms with E-state index in [1.807, 2.05) is 0 Å². The van der Waals surface area contributed by atoms with Crippen LogP contribution in [-0.2, 0) is 19.1 Å². The number of carboxylic acids is 1. The summed E-state index contributed by atoms with van der Waals surface area (Å²) in [6.45, 7) is 12.4. The molecule has 0 saturated carbocycles. The lowest BCUT2D eigenvalue weighted by Gasteiger charge is -2.29. The molecule has 0 rings (SSSR count). The molecule has 7 nitrogen and oxygen atoms in total. The quantitative estimate of drug-likeness (QED) is 0.420. The van der Waals surface area contributed by atoms with E-state index < -0.39 is 29.9 Å². The molecule has 0 aliphatic rings. The molecule has 0 aliphatic carbocycles. The van der Waals surface area contributed by atoms with Gasteiger partial charge in [0.15, 0.2) is 0 Å². The van der Waals surface area contributed by atoms with Gasteiger partial charge in [0.05, 0.1) is 5.92 Å². The highest BCUT2D eigenvalue weighted by atomic mass is 16.7. The van der Waals surface area contributed by atoms with Gasteiger partial charge in [0.1, 0.15) is 5.54 Å². The fourth-order valence-electron chi connectivity index (χ4n) is 2.32. The van der Waals surface area contributed by atoms with Crippen molar-refractivity contribution in [3.63, 3.8) is 0 Å². The van der Waals surface area contributed by atoms with Crippen LogP contribution in [0.25, 0.3) is 0 Å². The van der Waals surface area contributed by atoms with Crippen molar-refractivity contribution in [2.75, 3.05) is 0 Å². The van der Waals surface area contributed by atoms with Gasteiger partial charge >= 0.3 is 18.0 Å². The van der Waals surface area contributed by atoms with Gasteiger partial charge in [-0.15, -0.1) is 0 Å². The molecule has 1 amide bonds. The zero-order valence-corrected chi connectivity index (χ0v) is 17.1. The second-order valence-electron chi connectivity index (χ2n) is 7.59. The van der Waals surface area contributed by atoms with E-state index in [0.29, 0.717) is 18.8 Å². The van der Waals surface area contributed by atoms with Crippen LogP contribution in [-0.4, -0.2) is 35.0 Å². The predicted octanol–water partition coefficient (Wildman–Crippen LogP) is 3.95. The zero-order chi connectivity index (χ0) is 20.5. The van der Waals surface area contributed by atoms with E-state index in [0.717, 1.165) is 12.8 Å².